The third-order valence-corrected chi connectivity index (χ3v) is 9.87. The molecule has 0 amide bonds. The Balaban J connectivity index is 1.39. The number of halogens is 3. The quantitative estimate of drug-likeness (QED) is 0.569. The van der Waals surface area contributed by atoms with Crippen molar-refractivity contribution in [2.24, 2.45) is 10.8 Å². The summed E-state index contributed by atoms with van der Waals surface area (Å²) >= 11 is 7.45. The van der Waals surface area contributed by atoms with Crippen LogP contribution in [0.15, 0.2) is 21.9 Å². The molecule has 180 valence electrons. The highest BCUT2D eigenvalue weighted by Crippen LogP contribution is 2.54. The SMILES string of the molecule is CC1(C)CCN([C@@H]2CC[C@@]23CCN(c2cc(F)c(S(=O)(=O)Nc4cscn4)c(F)c2Cl)C3)C1. The molecule has 0 bridgehead atoms. The zero-order valence-corrected chi connectivity index (χ0v) is 21.0. The van der Waals surface area contributed by atoms with Crippen LogP contribution >= 0.6 is 22.9 Å². The number of nitrogens with zero attached hydrogens (tertiary/aromatic N) is 3. The predicted molar refractivity (Wildman–Crippen MR) is 127 cm³/mol. The molecular formula is C22H27ClF2N4O2S2. The Bertz CT molecular complexity index is 1180. The van der Waals surface area contributed by atoms with Gasteiger partial charge in [0.05, 0.1) is 11.2 Å². The fourth-order valence-electron chi connectivity index (χ4n) is 5.74. The van der Waals surface area contributed by atoms with E-state index in [-0.39, 0.29) is 21.9 Å². The Morgan fingerprint density at radius 2 is 2.00 bits per heavy atom. The minimum absolute atomic E-state index is 0.00148. The zero-order chi connectivity index (χ0) is 23.6. The Labute approximate surface area is 202 Å². The van der Waals surface area contributed by atoms with Gasteiger partial charge < -0.3 is 4.90 Å². The van der Waals surface area contributed by atoms with Crippen molar-refractivity contribution in [3.8, 4) is 0 Å². The van der Waals surface area contributed by atoms with Gasteiger partial charge in [0.25, 0.3) is 10.0 Å². The minimum atomic E-state index is -4.52. The third-order valence-electron chi connectivity index (χ3n) is 7.53. The van der Waals surface area contributed by atoms with Crippen LogP contribution in [0.1, 0.15) is 39.5 Å². The van der Waals surface area contributed by atoms with Crippen molar-refractivity contribution in [3.63, 3.8) is 0 Å². The fraction of sp³-hybridized carbons (Fsp3) is 0.591. The largest absolute Gasteiger partial charge is 0.370 e. The molecule has 1 aromatic heterocycles. The number of aromatic nitrogens is 1. The first-order chi connectivity index (χ1) is 15.5. The molecule has 33 heavy (non-hydrogen) atoms. The van der Waals surface area contributed by atoms with Gasteiger partial charge in [-0.25, -0.2) is 22.2 Å². The lowest BCUT2D eigenvalue weighted by Gasteiger charge is -2.52. The summed E-state index contributed by atoms with van der Waals surface area (Å²) in [6.07, 6.45) is 4.33. The van der Waals surface area contributed by atoms with E-state index in [9.17, 15) is 12.8 Å². The van der Waals surface area contributed by atoms with Crippen LogP contribution in [0.4, 0.5) is 20.3 Å². The second-order valence-electron chi connectivity index (χ2n) is 10.3. The second kappa shape index (κ2) is 8.03. The molecular weight excluding hydrogens is 490 g/mol. The number of nitrogens with one attached hydrogen (secondary N) is 1. The Kier molecular flexibility index (Phi) is 5.66. The van der Waals surface area contributed by atoms with E-state index in [1.54, 1.807) is 0 Å². The van der Waals surface area contributed by atoms with E-state index in [1.807, 2.05) is 4.90 Å². The fourth-order valence-corrected chi connectivity index (χ4v) is 7.77. The molecule has 3 heterocycles. The number of rotatable bonds is 5. The van der Waals surface area contributed by atoms with E-state index in [0.717, 1.165) is 49.8 Å². The standard InChI is InChI=1S/C22H27ClF2N4O2S2/c1-21(2)5-7-29(11-21)16-3-4-22(16)6-8-28(12-22)15-9-14(24)20(19(25)18(15)23)33(30,31)27-17-10-32-13-26-17/h9-10,13,16,27H,3-8,11-12H2,1-2H3/t16-,22+/m1/s1. The van der Waals surface area contributed by atoms with Crippen molar-refractivity contribution < 1.29 is 17.2 Å². The Hall–Kier alpha value is -1.49. The van der Waals surface area contributed by atoms with Crippen LogP contribution in [0, 0.1) is 22.5 Å². The molecule has 0 radical (unpaired) electrons. The molecule has 6 nitrogen and oxygen atoms in total. The topological polar surface area (TPSA) is 65.5 Å². The maximum atomic E-state index is 15.2. The lowest BCUT2D eigenvalue weighted by Crippen LogP contribution is -2.56. The van der Waals surface area contributed by atoms with E-state index in [1.165, 1.54) is 17.3 Å². The molecule has 11 heteroatoms. The summed E-state index contributed by atoms with van der Waals surface area (Å²) in [4.78, 5) is 7.21. The van der Waals surface area contributed by atoms with Crippen molar-refractivity contribution in [1.29, 1.82) is 0 Å². The summed E-state index contributed by atoms with van der Waals surface area (Å²) in [6.45, 7) is 8.04. The lowest BCUT2D eigenvalue weighted by molar-refractivity contribution is -0.00273. The summed E-state index contributed by atoms with van der Waals surface area (Å²) < 4.78 is 57.5. The smallest absolute Gasteiger partial charge is 0.268 e. The van der Waals surface area contributed by atoms with Crippen LogP contribution in [0.5, 0.6) is 0 Å². The first-order valence-electron chi connectivity index (χ1n) is 11.1. The van der Waals surface area contributed by atoms with Crippen LogP contribution in [0.2, 0.25) is 5.02 Å². The van der Waals surface area contributed by atoms with Gasteiger partial charge in [-0.1, -0.05) is 25.4 Å². The molecule has 2 aliphatic heterocycles. The summed E-state index contributed by atoms with van der Waals surface area (Å²) in [5, 5.41) is 1.06. The maximum absolute atomic E-state index is 15.2. The molecule has 5 rings (SSSR count). The first-order valence-corrected chi connectivity index (χ1v) is 13.9. The third kappa shape index (κ3) is 4.02. The van der Waals surface area contributed by atoms with Crippen LogP contribution in [-0.4, -0.2) is 50.5 Å². The molecule has 1 N–H and O–H groups in total. The molecule has 1 saturated carbocycles. The Morgan fingerprint density at radius 1 is 1.21 bits per heavy atom. The van der Waals surface area contributed by atoms with Crippen molar-refractivity contribution in [2.75, 3.05) is 35.8 Å². The van der Waals surface area contributed by atoms with E-state index in [0.29, 0.717) is 24.5 Å². The predicted octanol–water partition coefficient (Wildman–Crippen LogP) is 4.97. The van der Waals surface area contributed by atoms with Crippen LogP contribution < -0.4 is 9.62 Å². The monoisotopic (exact) mass is 516 g/mol. The highest BCUT2D eigenvalue weighted by Gasteiger charge is 2.54. The average molecular weight is 517 g/mol. The average Bonchev–Trinajstić information content (AvgIpc) is 3.44. The summed E-state index contributed by atoms with van der Waals surface area (Å²) in [5.74, 6) is -2.44. The van der Waals surface area contributed by atoms with Gasteiger partial charge >= 0.3 is 0 Å². The molecule has 3 aliphatic rings. The number of sulfonamides is 1. The number of hydrogen-bond acceptors (Lipinski definition) is 6. The summed E-state index contributed by atoms with van der Waals surface area (Å²) in [5.41, 5.74) is 2.04. The Morgan fingerprint density at radius 3 is 2.61 bits per heavy atom. The second-order valence-corrected chi connectivity index (χ2v) is 13.0. The lowest BCUT2D eigenvalue weighted by atomic mass is 9.63. The van der Waals surface area contributed by atoms with Crippen LogP contribution in [0.3, 0.4) is 0 Å². The summed E-state index contributed by atoms with van der Waals surface area (Å²) in [7, 11) is -4.52. The molecule has 2 atom stereocenters. The maximum Gasteiger partial charge on any atom is 0.268 e. The van der Waals surface area contributed by atoms with E-state index in [4.69, 9.17) is 11.6 Å². The highest BCUT2D eigenvalue weighted by atomic mass is 35.5. The first kappa shape index (κ1) is 23.3. The zero-order valence-electron chi connectivity index (χ0n) is 18.6. The molecule has 1 aliphatic carbocycles. The summed E-state index contributed by atoms with van der Waals surface area (Å²) in [6, 6.07) is 1.52. The number of benzene rings is 1. The van der Waals surface area contributed by atoms with Crippen molar-refractivity contribution >= 4 is 44.5 Å². The van der Waals surface area contributed by atoms with Gasteiger partial charge in [0.2, 0.25) is 0 Å². The van der Waals surface area contributed by atoms with Gasteiger partial charge in [0.15, 0.2) is 16.5 Å². The number of anilines is 2. The molecule has 1 spiro atoms. The van der Waals surface area contributed by atoms with Gasteiger partial charge in [0.1, 0.15) is 10.8 Å². The molecule has 2 saturated heterocycles. The molecule has 0 unspecified atom stereocenters. The number of thiazole rings is 1. The van der Waals surface area contributed by atoms with Crippen molar-refractivity contribution in [3.05, 3.63) is 33.6 Å². The van der Waals surface area contributed by atoms with Crippen molar-refractivity contribution in [2.45, 2.75) is 50.5 Å². The van der Waals surface area contributed by atoms with Gasteiger partial charge in [-0.3, -0.25) is 9.62 Å². The van der Waals surface area contributed by atoms with Gasteiger partial charge in [-0.05, 0) is 37.6 Å². The van der Waals surface area contributed by atoms with E-state index < -0.39 is 26.6 Å². The van der Waals surface area contributed by atoms with E-state index in [2.05, 4.69) is 28.5 Å². The van der Waals surface area contributed by atoms with Crippen molar-refractivity contribution in [1.82, 2.24) is 9.88 Å². The van der Waals surface area contributed by atoms with Gasteiger partial charge in [0, 0.05) is 42.5 Å². The van der Waals surface area contributed by atoms with E-state index >= 15 is 4.39 Å². The minimum Gasteiger partial charge on any atom is -0.370 e. The normalized spacial score (nSPS) is 27.3. The number of hydrogen-bond donors (Lipinski definition) is 1. The highest BCUT2D eigenvalue weighted by molar-refractivity contribution is 7.92. The molecule has 2 aromatic rings. The van der Waals surface area contributed by atoms with Crippen LogP contribution in [-0.2, 0) is 10.0 Å². The molecule has 1 aromatic carbocycles. The molecule has 3 fully saturated rings. The van der Waals surface area contributed by atoms with Gasteiger partial charge in [-0.2, -0.15) is 0 Å². The number of likely N-dealkylation sites (tertiary alicyclic amines) is 1. The van der Waals surface area contributed by atoms with Gasteiger partial charge in [-0.15, -0.1) is 11.3 Å². The van der Waals surface area contributed by atoms with Crippen LogP contribution in [0.25, 0.3) is 0 Å².